The molecular formula is C21H25ClN2O5S. The molecule has 7 nitrogen and oxygen atoms in total. The van der Waals surface area contributed by atoms with E-state index in [9.17, 15) is 13.2 Å². The first kappa shape index (κ1) is 22.4. The first-order chi connectivity index (χ1) is 14.3. The van der Waals surface area contributed by atoms with Gasteiger partial charge in [-0.3, -0.25) is 4.79 Å². The normalized spacial score (nSPS) is 17.4. The maximum Gasteiger partial charge on any atom is 0.243 e. The van der Waals surface area contributed by atoms with Crippen molar-refractivity contribution in [1.29, 1.82) is 0 Å². The second kappa shape index (κ2) is 9.24. The van der Waals surface area contributed by atoms with Crippen LogP contribution in [-0.4, -0.2) is 45.9 Å². The highest BCUT2D eigenvalue weighted by molar-refractivity contribution is 7.89. The molecule has 0 radical (unpaired) electrons. The fraction of sp³-hybridized carbons (Fsp3) is 0.381. The molecule has 0 aliphatic carbocycles. The lowest BCUT2D eigenvalue weighted by Gasteiger charge is -2.31. The van der Waals surface area contributed by atoms with Gasteiger partial charge in [0.1, 0.15) is 11.5 Å². The van der Waals surface area contributed by atoms with Gasteiger partial charge in [0.2, 0.25) is 15.9 Å². The summed E-state index contributed by atoms with van der Waals surface area (Å²) < 4.78 is 37.9. The van der Waals surface area contributed by atoms with E-state index in [2.05, 4.69) is 5.32 Å². The minimum absolute atomic E-state index is 0.128. The monoisotopic (exact) mass is 452 g/mol. The van der Waals surface area contributed by atoms with Crippen LogP contribution in [0.25, 0.3) is 0 Å². The number of rotatable bonds is 6. The van der Waals surface area contributed by atoms with Gasteiger partial charge in [0.05, 0.1) is 30.1 Å². The quantitative estimate of drug-likeness (QED) is 0.722. The van der Waals surface area contributed by atoms with Crippen molar-refractivity contribution in [2.24, 2.45) is 5.92 Å². The van der Waals surface area contributed by atoms with E-state index in [0.29, 0.717) is 41.6 Å². The number of halogens is 1. The number of carbonyl (C=O) groups excluding carboxylic acids is 1. The minimum Gasteiger partial charge on any atom is -0.496 e. The third-order valence-corrected chi connectivity index (χ3v) is 7.33. The average Bonchev–Trinajstić information content (AvgIpc) is 2.74. The summed E-state index contributed by atoms with van der Waals surface area (Å²) in [7, 11) is -0.648. The highest BCUT2D eigenvalue weighted by atomic mass is 35.5. The van der Waals surface area contributed by atoms with Crippen molar-refractivity contribution < 1.29 is 22.7 Å². The fourth-order valence-corrected chi connectivity index (χ4v) is 5.39. The molecule has 1 aliphatic heterocycles. The number of carbonyl (C=O) groups is 1. The molecule has 1 aliphatic rings. The second-order valence-electron chi connectivity index (χ2n) is 7.17. The van der Waals surface area contributed by atoms with Crippen molar-refractivity contribution in [2.45, 2.75) is 24.7 Å². The SMILES string of the molecule is COc1ccc(S(=O)(=O)N2CCCC(C(=O)Nc3ccc(OC)c(Cl)c3)C2)cc1C. The number of nitrogens with zero attached hydrogens (tertiary/aromatic N) is 1. The van der Waals surface area contributed by atoms with Crippen LogP contribution in [-0.2, 0) is 14.8 Å². The van der Waals surface area contributed by atoms with E-state index >= 15 is 0 Å². The Kier molecular flexibility index (Phi) is 6.90. The Labute approximate surface area is 182 Å². The highest BCUT2D eigenvalue weighted by Crippen LogP contribution is 2.30. The maximum atomic E-state index is 13.1. The predicted octanol–water partition coefficient (Wildman–Crippen LogP) is 3.71. The van der Waals surface area contributed by atoms with Gasteiger partial charge >= 0.3 is 0 Å². The number of ether oxygens (including phenoxy) is 2. The fourth-order valence-electron chi connectivity index (χ4n) is 3.52. The zero-order valence-corrected chi connectivity index (χ0v) is 18.7. The molecule has 1 N–H and O–H groups in total. The number of amides is 1. The van der Waals surface area contributed by atoms with Gasteiger partial charge in [-0.05, 0) is 61.7 Å². The van der Waals surface area contributed by atoms with E-state index in [4.69, 9.17) is 21.1 Å². The number of sulfonamides is 1. The molecule has 162 valence electrons. The van der Waals surface area contributed by atoms with Crippen LogP contribution < -0.4 is 14.8 Å². The number of piperidine rings is 1. The van der Waals surface area contributed by atoms with Gasteiger partial charge in [-0.1, -0.05) is 11.6 Å². The topological polar surface area (TPSA) is 84.9 Å². The number of hydrogen-bond donors (Lipinski definition) is 1. The summed E-state index contributed by atoms with van der Waals surface area (Å²) in [6.45, 7) is 2.30. The molecule has 0 bridgehead atoms. The predicted molar refractivity (Wildman–Crippen MR) is 116 cm³/mol. The third-order valence-electron chi connectivity index (χ3n) is 5.18. The van der Waals surface area contributed by atoms with E-state index in [1.807, 2.05) is 0 Å². The van der Waals surface area contributed by atoms with Crippen LogP contribution in [0, 0.1) is 12.8 Å². The van der Waals surface area contributed by atoms with E-state index in [1.165, 1.54) is 17.5 Å². The molecule has 30 heavy (non-hydrogen) atoms. The first-order valence-electron chi connectivity index (χ1n) is 9.55. The van der Waals surface area contributed by atoms with Crippen LogP contribution in [0.4, 0.5) is 5.69 Å². The third kappa shape index (κ3) is 4.71. The maximum absolute atomic E-state index is 13.1. The van der Waals surface area contributed by atoms with Crippen LogP contribution in [0.15, 0.2) is 41.3 Å². The highest BCUT2D eigenvalue weighted by Gasteiger charge is 2.33. The Bertz CT molecular complexity index is 1040. The standard InChI is InChI=1S/C21H25ClN2O5S/c1-14-11-17(7-9-19(14)28-2)30(26,27)24-10-4-5-15(13-24)21(25)23-16-6-8-20(29-3)18(22)12-16/h6-9,11-12,15H,4-5,10,13H2,1-3H3,(H,23,25). The van der Waals surface area contributed by atoms with Gasteiger partial charge in [-0.25, -0.2) is 8.42 Å². The van der Waals surface area contributed by atoms with E-state index in [-0.39, 0.29) is 17.3 Å². The van der Waals surface area contributed by atoms with Gasteiger partial charge in [0.25, 0.3) is 0 Å². The Morgan fingerprint density at radius 2 is 1.83 bits per heavy atom. The van der Waals surface area contributed by atoms with Crippen LogP contribution in [0.5, 0.6) is 11.5 Å². The Balaban J connectivity index is 1.73. The molecule has 1 heterocycles. The molecular weight excluding hydrogens is 428 g/mol. The number of aryl methyl sites for hydroxylation is 1. The van der Waals surface area contributed by atoms with Crippen LogP contribution in [0.2, 0.25) is 5.02 Å². The summed E-state index contributed by atoms with van der Waals surface area (Å²) in [5.41, 5.74) is 1.28. The second-order valence-corrected chi connectivity index (χ2v) is 9.52. The Morgan fingerprint density at radius 3 is 2.47 bits per heavy atom. The summed E-state index contributed by atoms with van der Waals surface area (Å²) in [6, 6.07) is 9.74. The summed E-state index contributed by atoms with van der Waals surface area (Å²) in [6.07, 6.45) is 1.22. The lowest BCUT2D eigenvalue weighted by atomic mass is 9.98. The number of hydrogen-bond acceptors (Lipinski definition) is 5. The molecule has 9 heteroatoms. The van der Waals surface area contributed by atoms with Gasteiger partial charge in [-0.2, -0.15) is 4.31 Å². The van der Waals surface area contributed by atoms with Crippen LogP contribution in [0.1, 0.15) is 18.4 Å². The van der Waals surface area contributed by atoms with Gasteiger partial charge in [-0.15, -0.1) is 0 Å². The molecule has 0 saturated carbocycles. The zero-order valence-electron chi connectivity index (χ0n) is 17.1. The Morgan fingerprint density at radius 1 is 1.13 bits per heavy atom. The minimum atomic E-state index is -3.70. The van der Waals surface area contributed by atoms with Crippen molar-refractivity contribution in [3.05, 3.63) is 47.0 Å². The van der Waals surface area contributed by atoms with E-state index < -0.39 is 15.9 Å². The molecule has 1 saturated heterocycles. The molecule has 0 aromatic heterocycles. The zero-order chi connectivity index (χ0) is 21.9. The number of anilines is 1. The summed E-state index contributed by atoms with van der Waals surface area (Å²) in [5, 5.41) is 3.21. The van der Waals surface area contributed by atoms with Gasteiger partial charge in [0, 0.05) is 18.8 Å². The largest absolute Gasteiger partial charge is 0.496 e. The number of methoxy groups -OCH3 is 2. The van der Waals surface area contributed by atoms with E-state index in [1.54, 1.807) is 44.4 Å². The molecule has 1 unspecified atom stereocenters. The smallest absolute Gasteiger partial charge is 0.243 e. The van der Waals surface area contributed by atoms with Crippen molar-refractivity contribution in [3.8, 4) is 11.5 Å². The summed E-state index contributed by atoms with van der Waals surface area (Å²) in [4.78, 5) is 13.0. The van der Waals surface area contributed by atoms with Gasteiger partial charge in [0.15, 0.2) is 0 Å². The van der Waals surface area contributed by atoms with Crippen molar-refractivity contribution in [1.82, 2.24) is 4.31 Å². The molecule has 1 fully saturated rings. The first-order valence-corrected chi connectivity index (χ1v) is 11.4. The van der Waals surface area contributed by atoms with Gasteiger partial charge < -0.3 is 14.8 Å². The molecule has 1 amide bonds. The molecule has 3 rings (SSSR count). The number of nitrogens with one attached hydrogen (secondary N) is 1. The molecule has 2 aromatic rings. The lowest BCUT2D eigenvalue weighted by molar-refractivity contribution is -0.120. The molecule has 1 atom stereocenters. The Hall–Kier alpha value is -2.29. The molecule has 2 aromatic carbocycles. The number of benzene rings is 2. The summed E-state index contributed by atoms with van der Waals surface area (Å²) in [5.74, 6) is 0.457. The summed E-state index contributed by atoms with van der Waals surface area (Å²) >= 11 is 6.11. The van der Waals surface area contributed by atoms with Crippen LogP contribution in [0.3, 0.4) is 0 Å². The van der Waals surface area contributed by atoms with Crippen molar-refractivity contribution in [3.63, 3.8) is 0 Å². The van der Waals surface area contributed by atoms with Crippen LogP contribution >= 0.6 is 11.6 Å². The lowest BCUT2D eigenvalue weighted by Crippen LogP contribution is -2.43. The van der Waals surface area contributed by atoms with E-state index in [0.717, 1.165) is 5.56 Å². The molecule has 0 spiro atoms. The average molecular weight is 453 g/mol. The van der Waals surface area contributed by atoms with Crippen molar-refractivity contribution >= 4 is 33.2 Å². The van der Waals surface area contributed by atoms with Crippen molar-refractivity contribution in [2.75, 3.05) is 32.6 Å².